The van der Waals surface area contributed by atoms with Gasteiger partial charge in [0.15, 0.2) is 0 Å². The van der Waals surface area contributed by atoms with E-state index in [0.29, 0.717) is 68.4 Å². The number of halogens is 2. The third kappa shape index (κ3) is 7.67. The number of amides is 2. The van der Waals surface area contributed by atoms with E-state index < -0.39 is 17.4 Å². The van der Waals surface area contributed by atoms with Crippen LogP contribution in [0.15, 0.2) is 30.5 Å². The second kappa shape index (κ2) is 14.6. The number of benzene rings is 1. The summed E-state index contributed by atoms with van der Waals surface area (Å²) in [4.78, 5) is 36.6. The number of hydrogen-bond donors (Lipinski definition) is 0. The van der Waals surface area contributed by atoms with Crippen molar-refractivity contribution in [3.05, 3.63) is 59.2 Å². The van der Waals surface area contributed by atoms with E-state index in [0.717, 1.165) is 31.5 Å². The lowest BCUT2D eigenvalue weighted by molar-refractivity contribution is -0.0495. The molecule has 50 heavy (non-hydrogen) atoms. The van der Waals surface area contributed by atoms with Gasteiger partial charge < -0.3 is 28.4 Å². The highest BCUT2D eigenvalue weighted by atomic mass is 19.1. The van der Waals surface area contributed by atoms with Gasteiger partial charge in [-0.3, -0.25) is 9.69 Å². The zero-order chi connectivity index (χ0) is 35.9. The van der Waals surface area contributed by atoms with Gasteiger partial charge in [-0.2, -0.15) is 4.39 Å². The number of carbonyl (C=O) groups is 2. The summed E-state index contributed by atoms with van der Waals surface area (Å²) in [5.74, 6) is -0.378. The molecule has 3 aliphatic rings. The van der Waals surface area contributed by atoms with Gasteiger partial charge in [-0.25, -0.2) is 14.2 Å². The molecule has 0 N–H and O–H groups in total. The van der Waals surface area contributed by atoms with Crippen LogP contribution >= 0.6 is 0 Å². The van der Waals surface area contributed by atoms with Crippen molar-refractivity contribution >= 4 is 17.5 Å². The maximum atomic E-state index is 15.5. The predicted octanol–water partition coefficient (Wildman–Crippen LogP) is 6.29. The van der Waals surface area contributed by atoms with E-state index in [9.17, 15) is 14.0 Å². The fourth-order valence-electron chi connectivity index (χ4n) is 7.55. The van der Waals surface area contributed by atoms with E-state index in [4.69, 9.17) is 14.2 Å². The van der Waals surface area contributed by atoms with Gasteiger partial charge in [0, 0.05) is 49.9 Å². The van der Waals surface area contributed by atoms with E-state index in [1.807, 2.05) is 40.0 Å². The Morgan fingerprint density at radius 2 is 1.82 bits per heavy atom. The molecule has 0 unspecified atom stereocenters. The van der Waals surface area contributed by atoms with Crippen LogP contribution in [0.1, 0.15) is 82.0 Å². The Labute approximate surface area is 293 Å². The first kappa shape index (κ1) is 36.2. The van der Waals surface area contributed by atoms with Gasteiger partial charge in [-0.15, -0.1) is 0 Å². The van der Waals surface area contributed by atoms with Crippen molar-refractivity contribution in [3.63, 3.8) is 0 Å². The highest BCUT2D eigenvalue weighted by molar-refractivity contribution is 6.03. The summed E-state index contributed by atoms with van der Waals surface area (Å²) in [5, 5.41) is 0. The summed E-state index contributed by atoms with van der Waals surface area (Å²) in [6, 6.07) is 6.26. The molecule has 2 aromatic heterocycles. The monoisotopic (exact) mass is 695 g/mol. The lowest BCUT2D eigenvalue weighted by atomic mass is 9.85. The number of rotatable bonds is 8. The normalized spacial score (nSPS) is 21.5. The smallest absolute Gasteiger partial charge is 0.410 e. The van der Waals surface area contributed by atoms with Crippen molar-refractivity contribution < 1.29 is 32.6 Å². The largest absolute Gasteiger partial charge is 0.444 e. The Balaban J connectivity index is 1.21. The van der Waals surface area contributed by atoms with E-state index in [2.05, 4.69) is 23.7 Å². The van der Waals surface area contributed by atoms with E-state index >= 15 is 4.39 Å². The van der Waals surface area contributed by atoms with Crippen LogP contribution in [0.3, 0.4) is 0 Å². The van der Waals surface area contributed by atoms with Crippen LogP contribution in [0.2, 0.25) is 0 Å². The van der Waals surface area contributed by atoms with Crippen LogP contribution in [0, 0.1) is 24.6 Å². The van der Waals surface area contributed by atoms with Crippen LogP contribution in [-0.2, 0) is 14.2 Å². The average molecular weight is 696 g/mol. The lowest BCUT2D eigenvalue weighted by Crippen LogP contribution is -2.53. The minimum absolute atomic E-state index is 0.0493. The molecule has 3 saturated heterocycles. The summed E-state index contributed by atoms with van der Waals surface area (Å²) in [7, 11) is 0. The Kier molecular flexibility index (Phi) is 10.5. The molecule has 3 aromatic rings. The molecule has 3 aliphatic heterocycles. The molecule has 0 spiro atoms. The highest BCUT2D eigenvalue weighted by Crippen LogP contribution is 2.38. The van der Waals surface area contributed by atoms with Crippen molar-refractivity contribution in [2.75, 3.05) is 52.5 Å². The molecule has 0 aliphatic carbocycles. The number of pyridine rings is 1. The second-order valence-electron chi connectivity index (χ2n) is 15.4. The average Bonchev–Trinajstić information content (AvgIpc) is 3.33. The van der Waals surface area contributed by atoms with Gasteiger partial charge in [-0.05, 0) is 82.7 Å². The fraction of sp³-hybridized carbons (Fsp3) is 0.605. The molecule has 5 heterocycles. The number of fused-ring (bicyclic) bond motifs is 1. The standard InChI is InChI=1S/C38H51F2N5O5/c1-23(2)33(11-9-29-21-42(12-15-49-29)37(47)50-38(5,6)7)43-18-27(19-43)26-16-31(34-35(40)41-25(4)45(34)20-26)30-10-8-28(39)17-32(30)36(46)44-13-14-48-22-24(44)3/h8,10,16-17,20,23-24,27,29,33H,9,11-15,18-19,21-22H2,1-7H3/t24-,29-,33+/m1/s1. The molecule has 0 saturated carbocycles. The van der Waals surface area contributed by atoms with Crippen molar-refractivity contribution in [3.8, 4) is 11.1 Å². The minimum Gasteiger partial charge on any atom is -0.444 e. The molecular weight excluding hydrogens is 644 g/mol. The van der Waals surface area contributed by atoms with Gasteiger partial charge in [0.25, 0.3) is 5.91 Å². The van der Waals surface area contributed by atoms with Gasteiger partial charge in [0.2, 0.25) is 5.95 Å². The molecule has 3 fully saturated rings. The van der Waals surface area contributed by atoms with Gasteiger partial charge >= 0.3 is 6.09 Å². The Morgan fingerprint density at radius 3 is 2.52 bits per heavy atom. The molecule has 272 valence electrons. The van der Waals surface area contributed by atoms with E-state index in [1.54, 1.807) is 27.2 Å². The summed E-state index contributed by atoms with van der Waals surface area (Å²) in [6.07, 6.45) is 3.36. The summed E-state index contributed by atoms with van der Waals surface area (Å²) in [5.41, 5.74) is 1.93. The summed E-state index contributed by atoms with van der Waals surface area (Å²) >= 11 is 0. The third-order valence-corrected chi connectivity index (χ3v) is 10.2. The molecule has 10 nitrogen and oxygen atoms in total. The van der Waals surface area contributed by atoms with Crippen LogP contribution in [0.25, 0.3) is 16.6 Å². The van der Waals surface area contributed by atoms with Crippen molar-refractivity contribution in [2.45, 2.75) is 91.0 Å². The maximum absolute atomic E-state index is 15.5. The minimum atomic E-state index is -0.628. The second-order valence-corrected chi connectivity index (χ2v) is 15.4. The van der Waals surface area contributed by atoms with Crippen molar-refractivity contribution in [1.29, 1.82) is 0 Å². The number of hydrogen-bond acceptors (Lipinski definition) is 7. The number of aromatic nitrogens is 2. The van der Waals surface area contributed by atoms with Gasteiger partial charge in [0.1, 0.15) is 22.8 Å². The van der Waals surface area contributed by atoms with Crippen molar-refractivity contribution in [1.82, 2.24) is 24.1 Å². The lowest BCUT2D eigenvalue weighted by Gasteiger charge is -2.47. The van der Waals surface area contributed by atoms with E-state index in [1.165, 1.54) is 12.1 Å². The quantitative estimate of drug-likeness (QED) is 0.274. The van der Waals surface area contributed by atoms with Crippen LogP contribution in [-0.4, -0.2) is 112 Å². The van der Waals surface area contributed by atoms with Crippen LogP contribution < -0.4 is 0 Å². The van der Waals surface area contributed by atoms with Crippen LogP contribution in [0.5, 0.6) is 0 Å². The molecule has 2 amide bonds. The number of likely N-dealkylation sites (tertiary alicyclic amines) is 1. The zero-order valence-electron chi connectivity index (χ0n) is 30.4. The predicted molar refractivity (Wildman–Crippen MR) is 186 cm³/mol. The first-order valence-electron chi connectivity index (χ1n) is 17.9. The molecule has 12 heteroatoms. The van der Waals surface area contributed by atoms with Gasteiger partial charge in [-0.1, -0.05) is 19.9 Å². The Bertz CT molecular complexity index is 1720. The number of ether oxygens (including phenoxy) is 3. The zero-order valence-corrected chi connectivity index (χ0v) is 30.4. The first-order chi connectivity index (χ1) is 23.7. The van der Waals surface area contributed by atoms with Gasteiger partial charge in [0.05, 0.1) is 44.1 Å². The molecular formula is C38H51F2N5O5. The Hall–Kier alpha value is -3.61. The molecule has 3 atom stereocenters. The SMILES string of the molecule is Cc1nc(F)c2c(-c3ccc(F)cc3C(=O)N3CCOC[C@H]3C)cc(C3CN([C@@H](CC[C@@H]4CN(C(=O)OC(C)(C)C)CCO4)C(C)C)C3)cn12. The Morgan fingerprint density at radius 1 is 1.06 bits per heavy atom. The number of morpholine rings is 2. The molecule has 0 radical (unpaired) electrons. The highest BCUT2D eigenvalue weighted by Gasteiger charge is 2.37. The van der Waals surface area contributed by atoms with E-state index in [-0.39, 0.29) is 41.1 Å². The third-order valence-electron chi connectivity index (χ3n) is 10.2. The number of aryl methyl sites for hydroxylation is 1. The number of nitrogens with zero attached hydrogens (tertiary/aromatic N) is 5. The molecule has 0 bridgehead atoms. The van der Waals surface area contributed by atoms with Crippen molar-refractivity contribution in [2.24, 2.45) is 5.92 Å². The fourth-order valence-corrected chi connectivity index (χ4v) is 7.55. The molecule has 6 rings (SSSR count). The summed E-state index contributed by atoms with van der Waals surface area (Å²) < 4.78 is 49.1. The first-order valence-corrected chi connectivity index (χ1v) is 17.9. The number of imidazole rings is 1. The topological polar surface area (TPSA) is 88.9 Å². The maximum Gasteiger partial charge on any atom is 0.410 e. The molecule has 1 aromatic carbocycles. The van der Waals surface area contributed by atoms with Crippen LogP contribution in [0.4, 0.5) is 13.6 Å². The summed E-state index contributed by atoms with van der Waals surface area (Å²) in [6.45, 7) is 18.1. The number of carbonyl (C=O) groups excluding carboxylic acids is 2.